The Morgan fingerprint density at radius 2 is 1.75 bits per heavy atom. The first-order chi connectivity index (χ1) is 9.72. The van der Waals surface area contributed by atoms with E-state index in [0.717, 1.165) is 19.3 Å². The molecule has 0 aromatic carbocycles. The van der Waals surface area contributed by atoms with Crippen molar-refractivity contribution in [2.75, 3.05) is 46.2 Å². The molecule has 0 bridgehead atoms. The largest absolute Gasteiger partial charge is 0.465 e. The van der Waals surface area contributed by atoms with Gasteiger partial charge in [-0.2, -0.15) is 0 Å². The number of rotatable bonds is 11. The van der Waals surface area contributed by atoms with Crippen molar-refractivity contribution in [2.45, 2.75) is 25.3 Å². The molecule has 0 spiro atoms. The minimum Gasteiger partial charge on any atom is -0.465 e. The van der Waals surface area contributed by atoms with Crippen LogP contribution >= 0.6 is 0 Å². The highest BCUT2D eigenvalue weighted by molar-refractivity contribution is 5.64. The van der Waals surface area contributed by atoms with E-state index in [9.17, 15) is 4.79 Å². The van der Waals surface area contributed by atoms with Gasteiger partial charge in [-0.05, 0) is 25.2 Å². The lowest BCUT2D eigenvalue weighted by atomic mass is 10.1. The molecular formula is C13H26N2O5. The molecule has 1 amide bonds. The molecule has 1 aliphatic rings. The summed E-state index contributed by atoms with van der Waals surface area (Å²) in [7, 11) is 0. The van der Waals surface area contributed by atoms with Gasteiger partial charge < -0.3 is 30.4 Å². The standard InChI is InChI=1S/C13H26N2O5/c14-3-4-18-5-6-19-7-8-20-10-11-1-2-12(9-11)15-13(16)17/h11-12,15H,1-10,14H2,(H,16,17)/t11-,12-/m1/s1. The smallest absolute Gasteiger partial charge is 0.404 e. The molecule has 20 heavy (non-hydrogen) atoms. The fourth-order valence-electron chi connectivity index (χ4n) is 2.31. The monoisotopic (exact) mass is 290 g/mol. The van der Waals surface area contributed by atoms with Gasteiger partial charge in [-0.25, -0.2) is 4.79 Å². The number of carbonyl (C=O) groups is 1. The molecule has 1 saturated carbocycles. The second-order valence-electron chi connectivity index (χ2n) is 4.91. The van der Waals surface area contributed by atoms with Crippen molar-refractivity contribution < 1.29 is 24.1 Å². The van der Waals surface area contributed by atoms with E-state index in [1.807, 2.05) is 0 Å². The van der Waals surface area contributed by atoms with Crippen molar-refractivity contribution in [2.24, 2.45) is 11.7 Å². The Balaban J connectivity index is 1.86. The molecule has 0 heterocycles. The zero-order valence-corrected chi connectivity index (χ0v) is 11.9. The van der Waals surface area contributed by atoms with Crippen LogP contribution in [0.4, 0.5) is 4.79 Å². The SMILES string of the molecule is NCCOCCOCCOC[C@@H]1CC[C@@H](NC(=O)O)C1. The number of carboxylic acid groups (broad SMARTS) is 1. The zero-order chi connectivity index (χ0) is 14.6. The lowest BCUT2D eigenvalue weighted by molar-refractivity contribution is 0.00878. The van der Waals surface area contributed by atoms with Crippen LogP contribution in [0.1, 0.15) is 19.3 Å². The predicted octanol–water partition coefficient (Wildman–Crippen LogP) is 0.431. The molecular weight excluding hydrogens is 264 g/mol. The van der Waals surface area contributed by atoms with Crippen molar-refractivity contribution >= 4 is 6.09 Å². The Kier molecular flexibility index (Phi) is 9.31. The van der Waals surface area contributed by atoms with Crippen LogP contribution < -0.4 is 11.1 Å². The number of hydrogen-bond donors (Lipinski definition) is 3. The van der Waals surface area contributed by atoms with Crippen LogP contribution in [0.3, 0.4) is 0 Å². The van der Waals surface area contributed by atoms with Gasteiger partial charge in [0.1, 0.15) is 0 Å². The van der Waals surface area contributed by atoms with Crippen LogP contribution in [0.5, 0.6) is 0 Å². The van der Waals surface area contributed by atoms with Crippen molar-refractivity contribution in [1.82, 2.24) is 5.32 Å². The van der Waals surface area contributed by atoms with E-state index in [2.05, 4.69) is 5.32 Å². The summed E-state index contributed by atoms with van der Waals surface area (Å²) in [4.78, 5) is 10.5. The van der Waals surface area contributed by atoms with Gasteiger partial charge in [-0.3, -0.25) is 0 Å². The minimum absolute atomic E-state index is 0.0806. The van der Waals surface area contributed by atoms with Crippen molar-refractivity contribution in [3.63, 3.8) is 0 Å². The van der Waals surface area contributed by atoms with Gasteiger partial charge >= 0.3 is 6.09 Å². The van der Waals surface area contributed by atoms with Gasteiger partial charge in [0.25, 0.3) is 0 Å². The Morgan fingerprint density at radius 3 is 2.40 bits per heavy atom. The molecule has 0 radical (unpaired) electrons. The van der Waals surface area contributed by atoms with Crippen LogP contribution in [0.15, 0.2) is 0 Å². The maximum Gasteiger partial charge on any atom is 0.404 e. The van der Waals surface area contributed by atoms with Gasteiger partial charge in [0.15, 0.2) is 0 Å². The molecule has 7 nitrogen and oxygen atoms in total. The summed E-state index contributed by atoms with van der Waals surface area (Å²) < 4.78 is 16.0. The summed E-state index contributed by atoms with van der Waals surface area (Å²) in [6, 6.07) is 0.0806. The summed E-state index contributed by atoms with van der Waals surface area (Å²) in [6.07, 6.45) is 1.83. The van der Waals surface area contributed by atoms with Gasteiger partial charge in [-0.15, -0.1) is 0 Å². The zero-order valence-electron chi connectivity index (χ0n) is 11.9. The molecule has 0 aromatic rings. The first-order valence-electron chi connectivity index (χ1n) is 7.15. The summed E-state index contributed by atoms with van der Waals surface area (Å²) in [6.45, 7) is 3.99. The first kappa shape index (κ1) is 17.2. The molecule has 2 atom stereocenters. The first-order valence-corrected chi connectivity index (χ1v) is 7.15. The summed E-state index contributed by atoms with van der Waals surface area (Å²) in [5, 5.41) is 11.2. The quantitative estimate of drug-likeness (QED) is 0.477. The van der Waals surface area contributed by atoms with E-state index in [4.69, 9.17) is 25.1 Å². The molecule has 0 saturated heterocycles. The second-order valence-corrected chi connectivity index (χ2v) is 4.91. The van der Waals surface area contributed by atoms with Crippen molar-refractivity contribution in [1.29, 1.82) is 0 Å². The Bertz CT molecular complexity index is 265. The normalized spacial score (nSPS) is 22.1. The van der Waals surface area contributed by atoms with Gasteiger partial charge in [0.2, 0.25) is 0 Å². The van der Waals surface area contributed by atoms with E-state index in [0.29, 0.717) is 52.1 Å². The van der Waals surface area contributed by atoms with E-state index < -0.39 is 6.09 Å². The van der Waals surface area contributed by atoms with E-state index in [-0.39, 0.29) is 6.04 Å². The van der Waals surface area contributed by atoms with Crippen LogP contribution in [0.2, 0.25) is 0 Å². The Hall–Kier alpha value is -0.890. The lowest BCUT2D eigenvalue weighted by Gasteiger charge is -2.12. The van der Waals surface area contributed by atoms with Crippen LogP contribution in [-0.4, -0.2) is 63.4 Å². The predicted molar refractivity (Wildman–Crippen MR) is 73.8 cm³/mol. The third-order valence-corrected chi connectivity index (χ3v) is 3.23. The maximum atomic E-state index is 10.5. The average molecular weight is 290 g/mol. The molecule has 0 aliphatic heterocycles. The number of nitrogens with one attached hydrogen (secondary N) is 1. The van der Waals surface area contributed by atoms with Crippen LogP contribution in [0.25, 0.3) is 0 Å². The van der Waals surface area contributed by atoms with Crippen LogP contribution in [0, 0.1) is 5.92 Å². The molecule has 1 fully saturated rings. The average Bonchev–Trinajstić information content (AvgIpc) is 2.83. The topological polar surface area (TPSA) is 103 Å². The number of nitrogens with two attached hydrogens (primary N) is 1. The minimum atomic E-state index is -0.943. The fraction of sp³-hybridized carbons (Fsp3) is 0.923. The Labute approximate surface area is 119 Å². The second kappa shape index (κ2) is 10.8. The number of amides is 1. The van der Waals surface area contributed by atoms with Gasteiger partial charge in [0, 0.05) is 19.2 Å². The van der Waals surface area contributed by atoms with Gasteiger partial charge in [0.05, 0.1) is 33.0 Å². The highest BCUT2D eigenvalue weighted by Crippen LogP contribution is 2.25. The Morgan fingerprint density at radius 1 is 1.10 bits per heavy atom. The van der Waals surface area contributed by atoms with Gasteiger partial charge in [-0.1, -0.05) is 0 Å². The summed E-state index contributed by atoms with van der Waals surface area (Å²) in [5.41, 5.74) is 5.28. The molecule has 7 heteroatoms. The summed E-state index contributed by atoms with van der Waals surface area (Å²) in [5.74, 6) is 0.444. The summed E-state index contributed by atoms with van der Waals surface area (Å²) >= 11 is 0. The molecule has 0 aromatic heterocycles. The number of ether oxygens (including phenoxy) is 3. The van der Waals surface area contributed by atoms with E-state index in [1.54, 1.807) is 0 Å². The number of hydrogen-bond acceptors (Lipinski definition) is 5. The van der Waals surface area contributed by atoms with E-state index >= 15 is 0 Å². The molecule has 118 valence electrons. The molecule has 1 aliphatic carbocycles. The lowest BCUT2D eigenvalue weighted by Crippen LogP contribution is -2.31. The third kappa shape index (κ3) is 8.31. The molecule has 1 rings (SSSR count). The van der Waals surface area contributed by atoms with E-state index in [1.165, 1.54) is 0 Å². The fourth-order valence-corrected chi connectivity index (χ4v) is 2.31. The highest BCUT2D eigenvalue weighted by Gasteiger charge is 2.25. The maximum absolute atomic E-state index is 10.5. The van der Waals surface area contributed by atoms with Crippen molar-refractivity contribution in [3.8, 4) is 0 Å². The van der Waals surface area contributed by atoms with Crippen LogP contribution in [-0.2, 0) is 14.2 Å². The molecule has 4 N–H and O–H groups in total. The van der Waals surface area contributed by atoms with Crippen molar-refractivity contribution in [3.05, 3.63) is 0 Å². The molecule has 0 unspecified atom stereocenters. The third-order valence-electron chi connectivity index (χ3n) is 3.23. The highest BCUT2D eigenvalue weighted by atomic mass is 16.5.